The first-order chi connectivity index (χ1) is 16.2. The highest BCUT2D eigenvalue weighted by molar-refractivity contribution is 7.59. The minimum atomic E-state index is -0.300. The summed E-state index contributed by atoms with van der Waals surface area (Å²) in [6.07, 6.45) is 6.41. The second-order valence-electron chi connectivity index (χ2n) is 7.77. The number of nitrogens with zero attached hydrogens (tertiary/aromatic N) is 8. The topological polar surface area (TPSA) is 121 Å². The molecule has 0 radical (unpaired) electrons. The summed E-state index contributed by atoms with van der Waals surface area (Å²) in [5, 5.41) is 14.5. The molecular formula is C22H18ClN9OS. The second kappa shape index (κ2) is 8.48. The smallest absolute Gasteiger partial charge is 0.284 e. The highest BCUT2D eigenvalue weighted by Gasteiger charge is 2.34. The number of anilines is 1. The highest BCUT2D eigenvalue weighted by atomic mass is 35.5. The van der Waals surface area contributed by atoms with Crippen LogP contribution >= 0.6 is 25.1 Å². The normalized spacial score (nSPS) is 15.5. The molecule has 1 aromatic carbocycles. The number of halogens is 1. The first-order valence-electron chi connectivity index (χ1n) is 10.4. The Kier molecular flexibility index (Phi) is 5.47. The molecule has 10 nitrogen and oxygen atoms in total. The maximum atomic E-state index is 13.7. The minimum absolute atomic E-state index is 0. The van der Waals surface area contributed by atoms with Crippen molar-refractivity contribution in [3.8, 4) is 11.8 Å². The van der Waals surface area contributed by atoms with E-state index in [-0.39, 0.29) is 30.6 Å². The standard InChI is InChI=1S/C22H16ClN9O.H2S/c23-15-6-8-31-18(15)22(33)32(14-4-1-3-13(9-14)10-24)20(29-31)16-5-2-7-30(16)21-17-19(26-11-25-17)27-12-28-21;/h1,3-4,6,8-9,11-12,16H,2,5,7H2,(H,25,26,27,28);1H2/t16-;/m0./s1. The number of H-pyrrole nitrogens is 1. The van der Waals surface area contributed by atoms with Gasteiger partial charge >= 0.3 is 0 Å². The molecule has 0 unspecified atom stereocenters. The number of aromatic amines is 1. The lowest BCUT2D eigenvalue weighted by Gasteiger charge is -2.27. The molecule has 12 heteroatoms. The Bertz CT molecular complexity index is 1630. The van der Waals surface area contributed by atoms with E-state index in [2.05, 4.69) is 30.9 Å². The van der Waals surface area contributed by atoms with Crippen molar-refractivity contribution in [1.29, 1.82) is 5.26 Å². The van der Waals surface area contributed by atoms with E-state index >= 15 is 0 Å². The fourth-order valence-electron chi connectivity index (χ4n) is 4.49. The average Bonchev–Trinajstić information content (AvgIpc) is 3.58. The summed E-state index contributed by atoms with van der Waals surface area (Å²) in [7, 11) is 0. The van der Waals surface area contributed by atoms with Gasteiger partial charge in [0, 0.05) is 12.7 Å². The van der Waals surface area contributed by atoms with E-state index < -0.39 is 0 Å². The number of nitrogens with one attached hydrogen (secondary N) is 1. The lowest BCUT2D eigenvalue weighted by Crippen LogP contribution is -2.33. The molecule has 0 saturated carbocycles. The predicted octanol–water partition coefficient (Wildman–Crippen LogP) is 3.13. The van der Waals surface area contributed by atoms with E-state index in [0.717, 1.165) is 24.9 Å². The molecule has 1 fully saturated rings. The third-order valence-electron chi connectivity index (χ3n) is 5.92. The lowest BCUT2D eigenvalue weighted by molar-refractivity contribution is 0.602. The molecule has 0 aliphatic carbocycles. The van der Waals surface area contributed by atoms with Crippen molar-refractivity contribution in [2.24, 2.45) is 0 Å². The minimum Gasteiger partial charge on any atom is -0.344 e. The highest BCUT2D eigenvalue weighted by Crippen LogP contribution is 2.37. The lowest BCUT2D eigenvalue weighted by atomic mass is 10.1. The van der Waals surface area contributed by atoms with Gasteiger partial charge in [-0.15, -0.1) is 0 Å². The second-order valence-corrected chi connectivity index (χ2v) is 8.17. The molecule has 170 valence electrons. The average molecular weight is 492 g/mol. The van der Waals surface area contributed by atoms with Crippen LogP contribution in [0.4, 0.5) is 5.82 Å². The quantitative estimate of drug-likeness (QED) is 0.411. The summed E-state index contributed by atoms with van der Waals surface area (Å²) >= 11 is 6.32. The van der Waals surface area contributed by atoms with Gasteiger partial charge in [-0.2, -0.15) is 23.9 Å². The summed E-state index contributed by atoms with van der Waals surface area (Å²) in [5.74, 6) is 1.25. The summed E-state index contributed by atoms with van der Waals surface area (Å²) in [4.78, 5) is 31.9. The molecule has 4 aromatic heterocycles. The molecule has 1 aliphatic heterocycles. The molecular weight excluding hydrogens is 474 g/mol. The number of nitriles is 1. The number of hydrogen-bond acceptors (Lipinski definition) is 7. The number of aromatic nitrogens is 7. The molecule has 0 bridgehead atoms. The van der Waals surface area contributed by atoms with Crippen LogP contribution < -0.4 is 10.5 Å². The van der Waals surface area contributed by atoms with Gasteiger partial charge in [-0.3, -0.25) is 9.36 Å². The number of benzene rings is 1. The van der Waals surface area contributed by atoms with Crippen molar-refractivity contribution < 1.29 is 0 Å². The molecule has 5 aromatic rings. The number of fused-ring (bicyclic) bond motifs is 2. The van der Waals surface area contributed by atoms with Gasteiger partial charge in [0.05, 0.1) is 34.7 Å². The predicted molar refractivity (Wildman–Crippen MR) is 132 cm³/mol. The molecule has 1 aliphatic rings. The summed E-state index contributed by atoms with van der Waals surface area (Å²) in [5.41, 5.74) is 2.30. The zero-order valence-electron chi connectivity index (χ0n) is 17.7. The van der Waals surface area contributed by atoms with Gasteiger partial charge in [0.1, 0.15) is 17.4 Å². The molecule has 1 saturated heterocycles. The first kappa shape index (κ1) is 21.9. The van der Waals surface area contributed by atoms with Gasteiger partial charge in [0.2, 0.25) is 0 Å². The maximum absolute atomic E-state index is 13.7. The van der Waals surface area contributed by atoms with Crippen molar-refractivity contribution >= 4 is 47.6 Å². The van der Waals surface area contributed by atoms with E-state index in [1.807, 2.05) is 0 Å². The fourth-order valence-corrected chi connectivity index (χ4v) is 4.71. The van der Waals surface area contributed by atoms with Crippen LogP contribution in [0.25, 0.3) is 22.4 Å². The van der Waals surface area contributed by atoms with E-state index in [1.54, 1.807) is 47.4 Å². The van der Waals surface area contributed by atoms with Crippen LogP contribution in [-0.4, -0.2) is 40.7 Å². The van der Waals surface area contributed by atoms with E-state index in [0.29, 0.717) is 33.6 Å². The van der Waals surface area contributed by atoms with Crippen molar-refractivity contribution in [3.63, 3.8) is 0 Å². The molecule has 0 amide bonds. The first-order valence-corrected chi connectivity index (χ1v) is 10.7. The van der Waals surface area contributed by atoms with Gasteiger partial charge in [-0.05, 0) is 37.1 Å². The number of hydrogen-bond donors (Lipinski definition) is 1. The molecule has 0 spiro atoms. The van der Waals surface area contributed by atoms with Gasteiger partial charge in [0.15, 0.2) is 17.3 Å². The monoisotopic (exact) mass is 491 g/mol. The van der Waals surface area contributed by atoms with Crippen LogP contribution in [0.15, 0.2) is 54.0 Å². The van der Waals surface area contributed by atoms with Crippen LogP contribution in [0.1, 0.15) is 30.3 Å². The summed E-state index contributed by atoms with van der Waals surface area (Å²) < 4.78 is 3.07. The van der Waals surface area contributed by atoms with Gasteiger partial charge in [0.25, 0.3) is 5.56 Å². The van der Waals surface area contributed by atoms with Crippen LogP contribution in [0.5, 0.6) is 0 Å². The summed E-state index contributed by atoms with van der Waals surface area (Å²) in [6.45, 7) is 0.731. The van der Waals surface area contributed by atoms with Crippen molar-refractivity contribution in [2.75, 3.05) is 11.4 Å². The Labute approximate surface area is 204 Å². The Hall–Kier alpha value is -3.88. The maximum Gasteiger partial charge on any atom is 0.284 e. The molecule has 5 heterocycles. The Balaban J connectivity index is 0.00000241. The largest absolute Gasteiger partial charge is 0.344 e. The van der Waals surface area contributed by atoms with E-state index in [1.165, 1.54) is 10.8 Å². The third-order valence-corrected chi connectivity index (χ3v) is 6.23. The molecule has 1 N–H and O–H groups in total. The van der Waals surface area contributed by atoms with Crippen molar-refractivity contribution in [2.45, 2.75) is 18.9 Å². The van der Waals surface area contributed by atoms with Crippen LogP contribution in [0.2, 0.25) is 5.02 Å². The van der Waals surface area contributed by atoms with E-state index in [4.69, 9.17) is 16.7 Å². The zero-order chi connectivity index (χ0) is 22.5. The van der Waals surface area contributed by atoms with Crippen LogP contribution in [0, 0.1) is 11.3 Å². The van der Waals surface area contributed by atoms with Gasteiger partial charge < -0.3 is 9.88 Å². The van der Waals surface area contributed by atoms with Crippen molar-refractivity contribution in [1.82, 2.24) is 34.1 Å². The van der Waals surface area contributed by atoms with Crippen molar-refractivity contribution in [3.05, 3.63) is 75.9 Å². The Morgan fingerprint density at radius 3 is 2.94 bits per heavy atom. The van der Waals surface area contributed by atoms with Crippen LogP contribution in [-0.2, 0) is 0 Å². The fraction of sp³-hybridized carbons (Fsp3) is 0.182. The number of rotatable bonds is 3. The zero-order valence-corrected chi connectivity index (χ0v) is 19.4. The number of imidazole rings is 1. The van der Waals surface area contributed by atoms with Crippen LogP contribution in [0.3, 0.4) is 0 Å². The van der Waals surface area contributed by atoms with Gasteiger partial charge in [-0.1, -0.05) is 17.7 Å². The Morgan fingerprint density at radius 1 is 1.21 bits per heavy atom. The van der Waals surface area contributed by atoms with Gasteiger partial charge in [-0.25, -0.2) is 19.5 Å². The summed E-state index contributed by atoms with van der Waals surface area (Å²) in [6, 6.07) is 10.5. The Morgan fingerprint density at radius 2 is 2.09 bits per heavy atom. The van der Waals surface area contributed by atoms with E-state index in [9.17, 15) is 10.1 Å². The molecule has 6 rings (SSSR count). The molecule has 34 heavy (non-hydrogen) atoms. The molecule has 1 atom stereocenters. The third kappa shape index (κ3) is 3.30. The SMILES string of the molecule is N#Cc1cccc(-n2c([C@@H]3CCCN3c3ncnc4nc[nH]c34)nn3ccc(Cl)c3c2=O)c1.S.